The molecule has 3 aromatic carbocycles. The van der Waals surface area contributed by atoms with Gasteiger partial charge in [-0.25, -0.2) is 4.79 Å². The summed E-state index contributed by atoms with van der Waals surface area (Å²) in [5.74, 6) is -1.24. The summed E-state index contributed by atoms with van der Waals surface area (Å²) in [5.41, 5.74) is 16.9. The quantitative estimate of drug-likeness (QED) is 0.214. The number of hydrogen-bond donors (Lipinski definition) is 5. The molecule has 0 radical (unpaired) electrons. The SMILES string of the molecule is NC(=O)c1ccc2ccccc2c1.NC(N)=NCCC[C@H](Nc1ccccc1)C(=O)O. The summed E-state index contributed by atoms with van der Waals surface area (Å²) in [7, 11) is 0. The largest absolute Gasteiger partial charge is 0.480 e. The molecule has 0 unspecified atom stereocenters. The number of primary amides is 1. The molecule has 8 heteroatoms. The monoisotopic (exact) mass is 421 g/mol. The molecule has 0 fully saturated rings. The summed E-state index contributed by atoms with van der Waals surface area (Å²) in [6, 6.07) is 21.9. The number of carbonyl (C=O) groups excluding carboxylic acids is 1. The Morgan fingerprint density at radius 3 is 2.16 bits per heavy atom. The van der Waals surface area contributed by atoms with E-state index in [9.17, 15) is 9.59 Å². The van der Waals surface area contributed by atoms with Crippen LogP contribution in [-0.4, -0.2) is 35.5 Å². The maximum Gasteiger partial charge on any atom is 0.326 e. The Balaban J connectivity index is 0.000000231. The van der Waals surface area contributed by atoms with Crippen molar-refractivity contribution < 1.29 is 14.7 Å². The molecule has 0 aromatic heterocycles. The van der Waals surface area contributed by atoms with Gasteiger partial charge < -0.3 is 27.6 Å². The summed E-state index contributed by atoms with van der Waals surface area (Å²) in [5, 5.41) is 14.2. The van der Waals surface area contributed by atoms with E-state index in [0.29, 0.717) is 24.9 Å². The van der Waals surface area contributed by atoms with Crippen molar-refractivity contribution in [2.75, 3.05) is 11.9 Å². The highest BCUT2D eigenvalue weighted by molar-refractivity contribution is 5.97. The fourth-order valence-corrected chi connectivity index (χ4v) is 2.84. The van der Waals surface area contributed by atoms with E-state index in [1.54, 1.807) is 12.1 Å². The van der Waals surface area contributed by atoms with Crippen molar-refractivity contribution in [1.29, 1.82) is 0 Å². The third-order valence-corrected chi connectivity index (χ3v) is 4.39. The van der Waals surface area contributed by atoms with E-state index in [1.165, 1.54) is 0 Å². The average Bonchev–Trinajstić information content (AvgIpc) is 2.76. The van der Waals surface area contributed by atoms with Crippen LogP contribution in [0.4, 0.5) is 5.69 Å². The number of rotatable bonds is 8. The van der Waals surface area contributed by atoms with Gasteiger partial charge >= 0.3 is 5.97 Å². The first-order valence-corrected chi connectivity index (χ1v) is 9.75. The van der Waals surface area contributed by atoms with Crippen LogP contribution in [0.15, 0.2) is 77.8 Å². The number of guanidine groups is 1. The molecule has 162 valence electrons. The molecule has 0 saturated carbocycles. The number of anilines is 1. The number of nitrogens with zero attached hydrogens (tertiary/aromatic N) is 1. The molecular weight excluding hydrogens is 394 g/mol. The van der Waals surface area contributed by atoms with Crippen molar-refractivity contribution in [3.05, 3.63) is 78.4 Å². The maximum atomic E-state index is 11.1. The number of fused-ring (bicyclic) bond motifs is 1. The van der Waals surface area contributed by atoms with Gasteiger partial charge in [-0.3, -0.25) is 9.79 Å². The van der Waals surface area contributed by atoms with E-state index in [-0.39, 0.29) is 11.9 Å². The number of amides is 1. The molecular formula is C23H27N5O3. The van der Waals surface area contributed by atoms with Crippen LogP contribution >= 0.6 is 0 Å². The van der Waals surface area contributed by atoms with Gasteiger partial charge in [-0.2, -0.15) is 0 Å². The van der Waals surface area contributed by atoms with Crippen molar-refractivity contribution in [1.82, 2.24) is 0 Å². The number of aliphatic carboxylic acids is 1. The third-order valence-electron chi connectivity index (χ3n) is 4.39. The molecule has 31 heavy (non-hydrogen) atoms. The number of carboxylic acids is 1. The molecule has 8 N–H and O–H groups in total. The molecule has 0 aliphatic carbocycles. The molecule has 0 saturated heterocycles. The van der Waals surface area contributed by atoms with Gasteiger partial charge in [0.15, 0.2) is 5.96 Å². The molecule has 0 heterocycles. The molecule has 0 aliphatic rings. The van der Waals surface area contributed by atoms with Crippen LogP contribution in [0.5, 0.6) is 0 Å². The van der Waals surface area contributed by atoms with Gasteiger partial charge in [0.05, 0.1) is 0 Å². The van der Waals surface area contributed by atoms with Gasteiger partial charge in [-0.05, 0) is 47.9 Å². The van der Waals surface area contributed by atoms with E-state index < -0.39 is 12.0 Å². The zero-order chi connectivity index (χ0) is 22.6. The average molecular weight is 422 g/mol. The minimum atomic E-state index is -0.886. The smallest absolute Gasteiger partial charge is 0.326 e. The lowest BCUT2D eigenvalue weighted by atomic mass is 10.1. The van der Waals surface area contributed by atoms with E-state index in [0.717, 1.165) is 16.5 Å². The van der Waals surface area contributed by atoms with E-state index >= 15 is 0 Å². The number of benzene rings is 3. The van der Waals surface area contributed by atoms with E-state index in [4.69, 9.17) is 22.3 Å². The van der Waals surface area contributed by atoms with Crippen LogP contribution in [0.2, 0.25) is 0 Å². The highest BCUT2D eigenvalue weighted by Crippen LogP contribution is 2.15. The van der Waals surface area contributed by atoms with Crippen molar-refractivity contribution in [2.45, 2.75) is 18.9 Å². The molecule has 0 spiro atoms. The van der Waals surface area contributed by atoms with Crippen LogP contribution in [0.3, 0.4) is 0 Å². The Kier molecular flexibility index (Phi) is 8.85. The first-order valence-electron chi connectivity index (χ1n) is 9.75. The van der Waals surface area contributed by atoms with E-state index in [1.807, 2.05) is 60.7 Å². The predicted molar refractivity (Wildman–Crippen MR) is 124 cm³/mol. The van der Waals surface area contributed by atoms with Crippen molar-refractivity contribution in [2.24, 2.45) is 22.2 Å². The van der Waals surface area contributed by atoms with Crippen molar-refractivity contribution >= 4 is 34.3 Å². The lowest BCUT2D eigenvalue weighted by molar-refractivity contribution is -0.138. The molecule has 0 bridgehead atoms. The number of nitrogens with one attached hydrogen (secondary N) is 1. The number of nitrogens with two attached hydrogens (primary N) is 3. The van der Waals surface area contributed by atoms with Gasteiger partial charge in [0.25, 0.3) is 0 Å². The summed E-state index contributed by atoms with van der Waals surface area (Å²) in [4.78, 5) is 25.8. The number of hydrogen-bond acceptors (Lipinski definition) is 4. The summed E-state index contributed by atoms with van der Waals surface area (Å²) in [6.45, 7) is 0.433. The van der Waals surface area contributed by atoms with Crippen LogP contribution < -0.4 is 22.5 Å². The van der Waals surface area contributed by atoms with Crippen LogP contribution in [0.25, 0.3) is 10.8 Å². The first-order chi connectivity index (χ1) is 14.9. The molecule has 0 aliphatic heterocycles. The Bertz CT molecular complexity index is 1030. The lowest BCUT2D eigenvalue weighted by Gasteiger charge is -2.15. The maximum absolute atomic E-state index is 11.1. The van der Waals surface area contributed by atoms with Gasteiger partial charge in [0, 0.05) is 17.8 Å². The van der Waals surface area contributed by atoms with E-state index in [2.05, 4.69) is 10.3 Å². The van der Waals surface area contributed by atoms with Gasteiger partial charge in [0.1, 0.15) is 6.04 Å². The standard InChI is InChI=1S/C12H18N4O2.C11H9NO/c13-12(14)15-8-4-7-10(11(17)18)16-9-5-2-1-3-6-9;12-11(13)10-6-5-8-3-1-2-4-9(8)7-10/h1-3,5-6,10,16H,4,7-8H2,(H,17,18)(H4,13,14,15);1-7H,(H2,12,13)/t10-;/m0./s1. The number of carboxylic acid groups (broad SMARTS) is 1. The minimum absolute atomic E-state index is 0.0258. The zero-order valence-corrected chi connectivity index (χ0v) is 17.1. The Hall–Kier alpha value is -4.07. The number of carbonyl (C=O) groups is 2. The summed E-state index contributed by atoms with van der Waals surface area (Å²) >= 11 is 0. The Morgan fingerprint density at radius 1 is 0.903 bits per heavy atom. The Labute approximate surface area is 180 Å². The molecule has 3 aromatic rings. The number of para-hydroxylation sites is 1. The van der Waals surface area contributed by atoms with Crippen molar-refractivity contribution in [3.63, 3.8) is 0 Å². The summed E-state index contributed by atoms with van der Waals surface area (Å²) in [6.07, 6.45) is 1.07. The highest BCUT2D eigenvalue weighted by atomic mass is 16.4. The predicted octanol–water partition coefficient (Wildman–Crippen LogP) is 2.54. The van der Waals surface area contributed by atoms with Crippen LogP contribution in [0.1, 0.15) is 23.2 Å². The molecule has 3 rings (SSSR count). The molecule has 1 atom stereocenters. The van der Waals surface area contributed by atoms with Crippen molar-refractivity contribution in [3.8, 4) is 0 Å². The van der Waals surface area contributed by atoms with Crippen LogP contribution in [0, 0.1) is 0 Å². The van der Waals surface area contributed by atoms with Gasteiger partial charge in [-0.1, -0.05) is 48.5 Å². The normalized spacial score (nSPS) is 11.0. The lowest BCUT2D eigenvalue weighted by Crippen LogP contribution is -2.29. The molecule has 1 amide bonds. The minimum Gasteiger partial charge on any atom is -0.480 e. The summed E-state index contributed by atoms with van der Waals surface area (Å²) < 4.78 is 0. The second-order valence-corrected chi connectivity index (χ2v) is 6.78. The van der Waals surface area contributed by atoms with Crippen LogP contribution in [-0.2, 0) is 4.79 Å². The zero-order valence-electron chi connectivity index (χ0n) is 17.1. The van der Waals surface area contributed by atoms with Gasteiger partial charge in [0.2, 0.25) is 5.91 Å². The Morgan fingerprint density at radius 2 is 1.55 bits per heavy atom. The highest BCUT2D eigenvalue weighted by Gasteiger charge is 2.16. The first kappa shape index (κ1) is 23.2. The fourth-order valence-electron chi connectivity index (χ4n) is 2.84. The topological polar surface area (TPSA) is 157 Å². The number of aliphatic imine (C=N–C) groups is 1. The second kappa shape index (κ2) is 11.8. The second-order valence-electron chi connectivity index (χ2n) is 6.78. The third kappa shape index (κ3) is 8.06. The van der Waals surface area contributed by atoms with Gasteiger partial charge in [-0.15, -0.1) is 0 Å². The molecule has 8 nitrogen and oxygen atoms in total. The fraction of sp³-hybridized carbons (Fsp3) is 0.174.